The molecule has 0 unspecified atom stereocenters. The maximum Gasteiger partial charge on any atom is 0.248 e. The first kappa shape index (κ1) is 23.6. The van der Waals surface area contributed by atoms with E-state index in [1.807, 2.05) is 66.7 Å². The zero-order chi connectivity index (χ0) is 25.1. The van der Waals surface area contributed by atoms with Gasteiger partial charge in [0, 0.05) is 27.9 Å². The van der Waals surface area contributed by atoms with Crippen molar-refractivity contribution in [1.82, 2.24) is 4.98 Å². The highest BCUT2D eigenvalue weighted by molar-refractivity contribution is 6.30. The number of fused-ring (bicyclic) bond motifs is 1. The van der Waals surface area contributed by atoms with Crippen molar-refractivity contribution in [3.8, 4) is 22.8 Å². The normalized spacial score (nSPS) is 12.3. The predicted molar refractivity (Wildman–Crippen MR) is 145 cm³/mol. The summed E-state index contributed by atoms with van der Waals surface area (Å²) in [5.41, 5.74) is 5.30. The molecule has 2 heterocycles. The van der Waals surface area contributed by atoms with Crippen molar-refractivity contribution >= 4 is 40.4 Å². The molecular weight excluding hydrogens is 472 g/mol. The first-order valence-corrected chi connectivity index (χ1v) is 12.2. The van der Waals surface area contributed by atoms with E-state index in [0.29, 0.717) is 34.0 Å². The Bertz CT molecular complexity index is 1530. The second kappa shape index (κ2) is 10.3. The molecule has 0 aliphatic rings. The molecule has 36 heavy (non-hydrogen) atoms. The zero-order valence-corrected chi connectivity index (χ0v) is 20.8. The third kappa shape index (κ3) is 5.26. The smallest absolute Gasteiger partial charge is 0.248 e. The summed E-state index contributed by atoms with van der Waals surface area (Å²) in [5.74, 6) is 2.06. The molecule has 0 spiro atoms. The molecule has 180 valence electrons. The lowest BCUT2D eigenvalue weighted by molar-refractivity contribution is -0.111. The minimum atomic E-state index is -0.258. The fraction of sp³-hybridized carbons (Fsp3) is 0.133. The number of carbonyl (C=O) groups is 1. The van der Waals surface area contributed by atoms with Gasteiger partial charge in [0.2, 0.25) is 11.8 Å². The van der Waals surface area contributed by atoms with Crippen LogP contribution in [-0.4, -0.2) is 10.9 Å². The van der Waals surface area contributed by atoms with Gasteiger partial charge in [0.1, 0.15) is 17.0 Å². The van der Waals surface area contributed by atoms with Crippen LogP contribution in [0.4, 0.5) is 5.69 Å². The lowest BCUT2D eigenvalue weighted by Gasteiger charge is -2.07. The van der Waals surface area contributed by atoms with Crippen molar-refractivity contribution < 1.29 is 13.6 Å². The topological polar surface area (TPSA) is 68.3 Å². The average Bonchev–Trinajstić information content (AvgIpc) is 3.55. The van der Waals surface area contributed by atoms with E-state index in [0.717, 1.165) is 28.6 Å². The van der Waals surface area contributed by atoms with E-state index in [-0.39, 0.29) is 5.91 Å². The van der Waals surface area contributed by atoms with Crippen LogP contribution in [0.1, 0.15) is 37.5 Å². The van der Waals surface area contributed by atoms with Gasteiger partial charge in [-0.2, -0.15) is 0 Å². The van der Waals surface area contributed by atoms with Gasteiger partial charge in [-0.15, -0.1) is 0 Å². The number of aromatic nitrogens is 1. The van der Waals surface area contributed by atoms with Crippen molar-refractivity contribution in [1.29, 1.82) is 0 Å². The molecule has 0 bridgehead atoms. The Balaban J connectivity index is 1.23. The Morgan fingerprint density at radius 3 is 2.47 bits per heavy atom. The molecule has 5 aromatic rings. The Morgan fingerprint density at radius 1 is 0.972 bits per heavy atom. The van der Waals surface area contributed by atoms with Crippen molar-refractivity contribution in [3.05, 3.63) is 101 Å². The van der Waals surface area contributed by atoms with E-state index in [4.69, 9.17) is 20.4 Å². The van der Waals surface area contributed by atoms with Gasteiger partial charge in [0.25, 0.3) is 0 Å². The minimum absolute atomic E-state index is 0.258. The van der Waals surface area contributed by atoms with E-state index in [9.17, 15) is 4.79 Å². The number of halogens is 1. The number of furan rings is 1. The number of hydrogen-bond donors (Lipinski definition) is 1. The highest BCUT2D eigenvalue weighted by Crippen LogP contribution is 2.29. The van der Waals surface area contributed by atoms with E-state index >= 15 is 0 Å². The standard InChI is InChI=1S/C30H25ClN2O3/c1-3-19(2)22-8-15-28-26(18-22)33-30(36-28)21-6-11-24(12-7-21)32-29(34)17-14-25-13-16-27(35-25)20-4-9-23(31)10-5-20/h4-19H,3H2,1-2H3,(H,32,34)/b17-14+/t19-/m0/s1. The number of rotatable bonds is 7. The Labute approximate surface area is 214 Å². The van der Waals surface area contributed by atoms with Gasteiger partial charge in [0.05, 0.1) is 0 Å². The lowest BCUT2D eigenvalue weighted by atomic mass is 9.98. The van der Waals surface area contributed by atoms with Crippen LogP contribution in [0.25, 0.3) is 40.0 Å². The molecule has 6 heteroatoms. The van der Waals surface area contributed by atoms with Crippen molar-refractivity contribution in [3.63, 3.8) is 0 Å². The quantitative estimate of drug-likeness (QED) is 0.229. The molecule has 3 aromatic carbocycles. The fourth-order valence-corrected chi connectivity index (χ4v) is 3.99. The van der Waals surface area contributed by atoms with Crippen LogP contribution in [0.3, 0.4) is 0 Å². The summed E-state index contributed by atoms with van der Waals surface area (Å²) in [6.07, 6.45) is 4.15. The lowest BCUT2D eigenvalue weighted by Crippen LogP contribution is -2.07. The maximum absolute atomic E-state index is 12.4. The molecule has 0 saturated carbocycles. The van der Waals surface area contributed by atoms with Gasteiger partial charge in [-0.3, -0.25) is 4.79 Å². The van der Waals surface area contributed by atoms with Gasteiger partial charge in [-0.05, 0) is 96.8 Å². The number of nitrogens with zero attached hydrogens (tertiary/aromatic N) is 1. The van der Waals surface area contributed by atoms with Crippen LogP contribution in [0.5, 0.6) is 0 Å². The van der Waals surface area contributed by atoms with Gasteiger partial charge in [-0.1, -0.05) is 31.5 Å². The SMILES string of the molecule is CC[C@H](C)c1ccc2oc(-c3ccc(NC(=O)/C=C/c4ccc(-c5ccc(Cl)cc5)o4)cc3)nc2c1. The highest BCUT2D eigenvalue weighted by Gasteiger charge is 2.11. The van der Waals surface area contributed by atoms with Gasteiger partial charge in [0.15, 0.2) is 5.58 Å². The number of oxazole rings is 1. The molecular formula is C30H25ClN2O3. The van der Waals surface area contributed by atoms with Crippen LogP contribution in [0, 0.1) is 0 Å². The predicted octanol–water partition coefficient (Wildman–Crippen LogP) is 8.57. The molecule has 0 saturated heterocycles. The second-order valence-electron chi connectivity index (χ2n) is 8.66. The molecule has 0 radical (unpaired) electrons. The summed E-state index contributed by atoms with van der Waals surface area (Å²) in [6.45, 7) is 4.38. The van der Waals surface area contributed by atoms with Gasteiger partial charge < -0.3 is 14.2 Å². The van der Waals surface area contributed by atoms with Crippen LogP contribution in [0.2, 0.25) is 5.02 Å². The van der Waals surface area contributed by atoms with E-state index < -0.39 is 0 Å². The summed E-state index contributed by atoms with van der Waals surface area (Å²) in [5, 5.41) is 3.52. The number of nitrogens with one attached hydrogen (secondary N) is 1. The van der Waals surface area contributed by atoms with Crippen molar-refractivity contribution in [2.75, 3.05) is 5.32 Å². The number of benzene rings is 3. The molecule has 1 atom stereocenters. The maximum atomic E-state index is 12.4. The summed E-state index contributed by atoms with van der Waals surface area (Å²) in [7, 11) is 0. The van der Waals surface area contributed by atoms with E-state index in [1.54, 1.807) is 6.08 Å². The van der Waals surface area contributed by atoms with Gasteiger partial charge in [-0.25, -0.2) is 4.98 Å². The number of hydrogen-bond acceptors (Lipinski definition) is 4. The van der Waals surface area contributed by atoms with Crippen molar-refractivity contribution in [2.45, 2.75) is 26.2 Å². The Kier molecular flexibility index (Phi) is 6.74. The number of amides is 1. The second-order valence-corrected chi connectivity index (χ2v) is 9.10. The first-order valence-electron chi connectivity index (χ1n) is 11.8. The molecule has 0 aliphatic heterocycles. The summed E-state index contributed by atoms with van der Waals surface area (Å²) >= 11 is 5.94. The molecule has 0 aliphatic carbocycles. The summed E-state index contributed by atoms with van der Waals surface area (Å²) < 4.78 is 11.7. The monoisotopic (exact) mass is 496 g/mol. The van der Waals surface area contributed by atoms with Gasteiger partial charge >= 0.3 is 0 Å². The third-order valence-electron chi connectivity index (χ3n) is 6.15. The van der Waals surface area contributed by atoms with Crippen LogP contribution in [0.15, 0.2) is 93.8 Å². The van der Waals surface area contributed by atoms with Crippen LogP contribution >= 0.6 is 11.6 Å². The number of anilines is 1. The summed E-state index contributed by atoms with van der Waals surface area (Å²) in [4.78, 5) is 17.1. The third-order valence-corrected chi connectivity index (χ3v) is 6.40. The molecule has 0 fully saturated rings. The molecule has 1 amide bonds. The number of carbonyl (C=O) groups excluding carboxylic acids is 1. The molecule has 5 nitrogen and oxygen atoms in total. The van der Waals surface area contributed by atoms with Crippen LogP contribution in [-0.2, 0) is 4.79 Å². The fourth-order valence-electron chi connectivity index (χ4n) is 3.86. The highest BCUT2D eigenvalue weighted by atomic mass is 35.5. The Hall–Kier alpha value is -4.09. The Morgan fingerprint density at radius 2 is 1.72 bits per heavy atom. The largest absolute Gasteiger partial charge is 0.457 e. The first-order chi connectivity index (χ1) is 17.5. The molecule has 2 aromatic heterocycles. The zero-order valence-electron chi connectivity index (χ0n) is 20.0. The molecule has 5 rings (SSSR count). The van der Waals surface area contributed by atoms with Crippen LogP contribution < -0.4 is 5.32 Å². The average molecular weight is 497 g/mol. The molecule has 1 N–H and O–H groups in total. The van der Waals surface area contributed by atoms with E-state index in [1.165, 1.54) is 11.6 Å². The van der Waals surface area contributed by atoms with E-state index in [2.05, 4.69) is 36.3 Å². The van der Waals surface area contributed by atoms with Crippen molar-refractivity contribution in [2.24, 2.45) is 0 Å². The minimum Gasteiger partial charge on any atom is -0.457 e. The summed E-state index contributed by atoms with van der Waals surface area (Å²) in [6, 6.07) is 24.6.